The molecule has 2 bridgehead atoms. The molecule has 0 aromatic carbocycles. The van der Waals surface area contributed by atoms with E-state index in [1.807, 2.05) is 0 Å². The summed E-state index contributed by atoms with van der Waals surface area (Å²) < 4.78 is 0. The first-order chi connectivity index (χ1) is 6.63. The molecular formula is C13H21Cl. The summed E-state index contributed by atoms with van der Waals surface area (Å²) in [5, 5.41) is 0. The van der Waals surface area contributed by atoms with Crippen molar-refractivity contribution in [1.29, 1.82) is 0 Å². The number of halogens is 1. The molecule has 0 nitrogen and oxygen atoms in total. The summed E-state index contributed by atoms with van der Waals surface area (Å²) in [5.41, 5.74) is 1.23. The summed E-state index contributed by atoms with van der Waals surface area (Å²) >= 11 is 6.14. The van der Waals surface area contributed by atoms with Crippen molar-refractivity contribution in [1.82, 2.24) is 0 Å². The van der Waals surface area contributed by atoms with Crippen LogP contribution in [0.25, 0.3) is 0 Å². The minimum atomic E-state index is 0.554. The molecule has 0 radical (unpaired) electrons. The summed E-state index contributed by atoms with van der Waals surface area (Å²) in [6, 6.07) is 0. The first kappa shape index (κ1) is 9.51. The van der Waals surface area contributed by atoms with Gasteiger partial charge in [-0.25, -0.2) is 0 Å². The Kier molecular flexibility index (Phi) is 1.83. The highest BCUT2D eigenvalue weighted by Crippen LogP contribution is 2.79. The van der Waals surface area contributed by atoms with Gasteiger partial charge in [-0.3, -0.25) is 0 Å². The molecule has 1 heteroatoms. The molecule has 4 fully saturated rings. The fraction of sp³-hybridized carbons (Fsp3) is 1.00. The maximum atomic E-state index is 6.14. The third kappa shape index (κ3) is 0.876. The summed E-state index contributed by atoms with van der Waals surface area (Å²) in [7, 11) is 0. The summed E-state index contributed by atoms with van der Waals surface area (Å²) in [6.45, 7) is 4.92. The molecule has 4 aliphatic carbocycles. The Balaban J connectivity index is 1.92. The molecule has 1 spiro atoms. The Bertz CT molecular complexity index is 250. The Morgan fingerprint density at radius 1 is 1.14 bits per heavy atom. The molecule has 0 aromatic rings. The first-order valence-electron chi connectivity index (χ1n) is 6.19. The predicted octanol–water partition coefficient (Wildman–Crippen LogP) is 4.08. The molecule has 0 amide bonds. The van der Waals surface area contributed by atoms with E-state index in [4.69, 9.17) is 11.6 Å². The van der Waals surface area contributed by atoms with Gasteiger partial charge in [-0.1, -0.05) is 26.7 Å². The average molecular weight is 213 g/mol. The van der Waals surface area contributed by atoms with Gasteiger partial charge in [0.2, 0.25) is 0 Å². The highest BCUT2D eigenvalue weighted by molar-refractivity contribution is 6.18. The molecule has 0 heterocycles. The number of rotatable bonds is 1. The van der Waals surface area contributed by atoms with Crippen molar-refractivity contribution in [2.75, 3.05) is 5.88 Å². The van der Waals surface area contributed by atoms with E-state index in [0.717, 1.165) is 23.6 Å². The van der Waals surface area contributed by atoms with E-state index in [-0.39, 0.29) is 0 Å². The van der Waals surface area contributed by atoms with Crippen molar-refractivity contribution < 1.29 is 0 Å². The Hall–Kier alpha value is 0.290. The van der Waals surface area contributed by atoms with Crippen molar-refractivity contribution in [2.45, 2.75) is 46.0 Å². The smallest absolute Gasteiger partial charge is 0.0262 e. The van der Waals surface area contributed by atoms with E-state index < -0.39 is 0 Å². The zero-order valence-corrected chi connectivity index (χ0v) is 10.1. The van der Waals surface area contributed by atoms with Crippen LogP contribution >= 0.6 is 11.6 Å². The molecule has 0 aliphatic heterocycles. The lowest BCUT2D eigenvalue weighted by atomic mass is 9.60. The van der Waals surface area contributed by atoms with E-state index in [1.54, 1.807) is 0 Å². The third-order valence-corrected chi connectivity index (χ3v) is 6.27. The number of alkyl halides is 1. The van der Waals surface area contributed by atoms with Gasteiger partial charge >= 0.3 is 0 Å². The van der Waals surface area contributed by atoms with Gasteiger partial charge in [0.15, 0.2) is 0 Å². The number of fused-ring (bicyclic) bond motifs is 2. The van der Waals surface area contributed by atoms with E-state index in [1.165, 1.54) is 32.1 Å². The van der Waals surface area contributed by atoms with Gasteiger partial charge in [0.1, 0.15) is 0 Å². The van der Waals surface area contributed by atoms with Crippen molar-refractivity contribution in [3.63, 3.8) is 0 Å². The highest BCUT2D eigenvalue weighted by Gasteiger charge is 2.74. The van der Waals surface area contributed by atoms with Gasteiger partial charge in [0, 0.05) is 5.88 Å². The minimum absolute atomic E-state index is 0.554. The van der Waals surface area contributed by atoms with Crippen LogP contribution in [0.4, 0.5) is 0 Å². The lowest BCUT2D eigenvalue weighted by Gasteiger charge is -2.45. The van der Waals surface area contributed by atoms with Gasteiger partial charge in [-0.15, -0.1) is 11.6 Å². The number of hydrogen-bond donors (Lipinski definition) is 0. The van der Waals surface area contributed by atoms with Crippen molar-refractivity contribution >= 4 is 11.6 Å². The van der Waals surface area contributed by atoms with Crippen molar-refractivity contribution in [3.8, 4) is 0 Å². The van der Waals surface area contributed by atoms with Crippen LogP contribution in [-0.4, -0.2) is 5.88 Å². The molecule has 4 rings (SSSR count). The highest BCUT2D eigenvalue weighted by atomic mass is 35.5. The van der Waals surface area contributed by atoms with Crippen LogP contribution in [0, 0.1) is 28.6 Å². The zero-order chi connectivity index (χ0) is 9.97. The first-order valence-corrected chi connectivity index (χ1v) is 6.72. The lowest BCUT2D eigenvalue weighted by molar-refractivity contribution is 0.0489. The van der Waals surface area contributed by atoms with Crippen LogP contribution in [0.5, 0.6) is 0 Å². The second-order valence-corrected chi connectivity index (χ2v) is 6.70. The zero-order valence-electron chi connectivity index (χ0n) is 9.35. The largest absolute Gasteiger partial charge is 0.126 e. The Morgan fingerprint density at radius 3 is 2.14 bits per heavy atom. The van der Waals surface area contributed by atoms with Gasteiger partial charge in [0.25, 0.3) is 0 Å². The quantitative estimate of drug-likeness (QED) is 0.575. The molecule has 4 aliphatic rings. The standard InChI is InChI=1S/C13H21Cl/c1-12(2)11(8-14)13(12)7-9-3-5-10(13)6-4-9/h9-11H,3-8H2,1-2H3. The summed E-state index contributed by atoms with van der Waals surface area (Å²) in [4.78, 5) is 0. The average Bonchev–Trinajstić information content (AvgIpc) is 2.63. The van der Waals surface area contributed by atoms with Crippen molar-refractivity contribution in [3.05, 3.63) is 0 Å². The maximum absolute atomic E-state index is 6.14. The molecule has 4 saturated carbocycles. The van der Waals surface area contributed by atoms with Gasteiger partial charge < -0.3 is 0 Å². The van der Waals surface area contributed by atoms with Gasteiger partial charge in [0.05, 0.1) is 0 Å². The number of hydrogen-bond acceptors (Lipinski definition) is 0. The second-order valence-electron chi connectivity index (χ2n) is 6.39. The molecule has 0 saturated heterocycles. The predicted molar refractivity (Wildman–Crippen MR) is 60.5 cm³/mol. The second kappa shape index (κ2) is 2.70. The molecule has 2 atom stereocenters. The maximum Gasteiger partial charge on any atom is 0.0262 e. The van der Waals surface area contributed by atoms with Crippen LogP contribution in [0.15, 0.2) is 0 Å². The molecule has 80 valence electrons. The van der Waals surface area contributed by atoms with E-state index in [0.29, 0.717) is 10.8 Å². The van der Waals surface area contributed by atoms with Crippen LogP contribution in [0.1, 0.15) is 46.0 Å². The normalized spacial score (nSPS) is 53.8. The van der Waals surface area contributed by atoms with E-state index in [2.05, 4.69) is 13.8 Å². The molecule has 14 heavy (non-hydrogen) atoms. The molecular weight excluding hydrogens is 192 g/mol. The topological polar surface area (TPSA) is 0 Å². The lowest BCUT2D eigenvalue weighted by Crippen LogP contribution is -2.36. The monoisotopic (exact) mass is 212 g/mol. The van der Waals surface area contributed by atoms with Crippen LogP contribution in [-0.2, 0) is 0 Å². The van der Waals surface area contributed by atoms with Gasteiger partial charge in [-0.2, -0.15) is 0 Å². The molecule has 0 N–H and O–H groups in total. The van der Waals surface area contributed by atoms with E-state index >= 15 is 0 Å². The van der Waals surface area contributed by atoms with Crippen molar-refractivity contribution in [2.24, 2.45) is 28.6 Å². The fourth-order valence-electron chi connectivity index (χ4n) is 5.07. The minimum Gasteiger partial charge on any atom is -0.126 e. The SMILES string of the molecule is CC1(C)C(CCl)C12CC1CCC2CC1. The fourth-order valence-corrected chi connectivity index (χ4v) is 5.74. The Morgan fingerprint density at radius 2 is 1.79 bits per heavy atom. The Labute approximate surface area is 92.4 Å². The summed E-state index contributed by atoms with van der Waals surface area (Å²) in [6.07, 6.45) is 7.53. The van der Waals surface area contributed by atoms with Crippen LogP contribution in [0.2, 0.25) is 0 Å². The summed E-state index contributed by atoms with van der Waals surface area (Å²) in [5.74, 6) is 3.79. The third-order valence-electron chi connectivity index (χ3n) is 5.97. The molecule has 2 unspecified atom stereocenters. The van der Waals surface area contributed by atoms with Crippen LogP contribution in [0.3, 0.4) is 0 Å². The van der Waals surface area contributed by atoms with E-state index in [9.17, 15) is 0 Å². The molecule has 0 aromatic heterocycles. The van der Waals surface area contributed by atoms with Gasteiger partial charge in [-0.05, 0) is 47.8 Å². The van der Waals surface area contributed by atoms with Crippen LogP contribution < -0.4 is 0 Å².